The van der Waals surface area contributed by atoms with E-state index >= 15 is 0 Å². The second-order valence-electron chi connectivity index (χ2n) is 5.62. The summed E-state index contributed by atoms with van der Waals surface area (Å²) in [7, 11) is 1.49. The fourth-order valence-electron chi connectivity index (χ4n) is 1.76. The maximum Gasteiger partial charge on any atom is 0.312 e. The number of ether oxygens (including phenoxy) is 2. The van der Waals surface area contributed by atoms with Crippen LogP contribution >= 0.6 is 11.6 Å². The maximum absolute atomic E-state index is 12.0. The quantitative estimate of drug-likeness (QED) is 0.866. The van der Waals surface area contributed by atoms with Gasteiger partial charge in [-0.3, -0.25) is 4.79 Å². The number of rotatable bonds is 4. The Labute approximate surface area is 124 Å². The summed E-state index contributed by atoms with van der Waals surface area (Å²) in [4.78, 5) is 12.0. The third-order valence-corrected chi connectivity index (χ3v) is 3.11. The van der Waals surface area contributed by atoms with Crippen LogP contribution in [0.1, 0.15) is 39.4 Å². The van der Waals surface area contributed by atoms with Crippen LogP contribution < -0.4 is 4.74 Å². The fraction of sp³-hybridized carbons (Fsp3) is 0.533. The van der Waals surface area contributed by atoms with Crippen molar-refractivity contribution in [2.24, 2.45) is 5.92 Å². The van der Waals surface area contributed by atoms with Gasteiger partial charge in [-0.2, -0.15) is 0 Å². The van der Waals surface area contributed by atoms with E-state index in [0.29, 0.717) is 16.3 Å². The molecular formula is C15H21ClO4. The smallest absolute Gasteiger partial charge is 0.312 e. The number of carbonyl (C=O) groups is 1. The number of esters is 1. The Hall–Kier alpha value is -1.26. The Morgan fingerprint density at radius 2 is 1.95 bits per heavy atom. The summed E-state index contributed by atoms with van der Waals surface area (Å²) in [6, 6.07) is 5.05. The molecule has 20 heavy (non-hydrogen) atoms. The van der Waals surface area contributed by atoms with Gasteiger partial charge in [0.1, 0.15) is 11.4 Å². The van der Waals surface area contributed by atoms with Crippen molar-refractivity contribution in [2.75, 3.05) is 7.11 Å². The highest BCUT2D eigenvalue weighted by molar-refractivity contribution is 6.31. The van der Waals surface area contributed by atoms with E-state index in [4.69, 9.17) is 21.1 Å². The Kier molecular flexibility index (Phi) is 5.42. The second kappa shape index (κ2) is 6.46. The van der Waals surface area contributed by atoms with Crippen LogP contribution in [0.2, 0.25) is 5.02 Å². The lowest BCUT2D eigenvalue weighted by molar-refractivity contribution is -0.163. The molecule has 0 aliphatic heterocycles. The Balaban J connectivity index is 3.00. The summed E-state index contributed by atoms with van der Waals surface area (Å²) in [5.41, 5.74) is -0.203. The van der Waals surface area contributed by atoms with Gasteiger partial charge in [0.05, 0.1) is 24.2 Å². The van der Waals surface area contributed by atoms with Crippen molar-refractivity contribution in [3.63, 3.8) is 0 Å². The molecule has 0 fully saturated rings. The molecule has 0 heterocycles. The molecule has 1 rings (SSSR count). The molecule has 5 heteroatoms. The Morgan fingerprint density at radius 1 is 1.35 bits per heavy atom. The molecule has 0 spiro atoms. The van der Waals surface area contributed by atoms with Crippen molar-refractivity contribution in [1.82, 2.24) is 0 Å². The Morgan fingerprint density at radius 3 is 2.45 bits per heavy atom. The SMILES string of the molecule is COc1cccc(Cl)c1C(O)C(C)C(=O)OC(C)(C)C. The van der Waals surface area contributed by atoms with Gasteiger partial charge in [0.2, 0.25) is 0 Å². The average molecular weight is 301 g/mol. The lowest BCUT2D eigenvalue weighted by Crippen LogP contribution is -2.30. The lowest BCUT2D eigenvalue weighted by atomic mass is 9.96. The molecule has 0 radical (unpaired) electrons. The molecular weight excluding hydrogens is 280 g/mol. The van der Waals surface area contributed by atoms with Crippen LogP contribution in [0.4, 0.5) is 0 Å². The highest BCUT2D eigenvalue weighted by Gasteiger charge is 2.31. The normalized spacial score (nSPS) is 14.6. The molecule has 1 aromatic carbocycles. The fourth-order valence-corrected chi connectivity index (χ4v) is 2.03. The molecule has 1 aromatic rings. The summed E-state index contributed by atoms with van der Waals surface area (Å²) in [5, 5.41) is 10.7. The van der Waals surface area contributed by atoms with Crippen molar-refractivity contribution in [1.29, 1.82) is 0 Å². The van der Waals surface area contributed by atoms with Crippen LogP contribution in [-0.2, 0) is 9.53 Å². The van der Waals surface area contributed by atoms with Gasteiger partial charge in [-0.1, -0.05) is 17.7 Å². The molecule has 4 nitrogen and oxygen atoms in total. The standard InChI is InChI=1S/C15H21ClO4/c1-9(14(18)20-15(2,3)4)13(17)12-10(16)7-6-8-11(12)19-5/h6-9,13,17H,1-5H3. The average Bonchev–Trinajstić information content (AvgIpc) is 2.34. The van der Waals surface area contributed by atoms with Crippen LogP contribution in [0.25, 0.3) is 0 Å². The number of hydrogen-bond donors (Lipinski definition) is 1. The molecule has 0 aliphatic carbocycles. The van der Waals surface area contributed by atoms with Gasteiger partial charge in [0.15, 0.2) is 0 Å². The number of methoxy groups -OCH3 is 1. The Bertz CT molecular complexity index is 479. The minimum atomic E-state index is -1.09. The number of benzene rings is 1. The predicted molar refractivity (Wildman–Crippen MR) is 78.0 cm³/mol. The van der Waals surface area contributed by atoms with Gasteiger partial charge in [0, 0.05) is 5.56 Å². The number of aliphatic hydroxyl groups is 1. The monoisotopic (exact) mass is 300 g/mol. The number of hydrogen-bond acceptors (Lipinski definition) is 4. The van der Waals surface area contributed by atoms with Crippen LogP contribution in [0.15, 0.2) is 18.2 Å². The molecule has 0 aliphatic rings. The third kappa shape index (κ3) is 4.12. The summed E-state index contributed by atoms with van der Waals surface area (Å²) >= 11 is 6.09. The van der Waals surface area contributed by atoms with Crippen molar-refractivity contribution in [2.45, 2.75) is 39.4 Å². The van der Waals surface area contributed by atoms with E-state index in [1.54, 1.807) is 45.9 Å². The van der Waals surface area contributed by atoms with E-state index in [2.05, 4.69) is 0 Å². The van der Waals surface area contributed by atoms with Crippen LogP contribution in [0.3, 0.4) is 0 Å². The summed E-state index contributed by atoms with van der Waals surface area (Å²) < 4.78 is 10.5. The predicted octanol–water partition coefficient (Wildman–Crippen LogP) is 3.36. The molecule has 2 atom stereocenters. The number of halogens is 1. The van der Waals surface area contributed by atoms with Crippen LogP contribution in [-0.4, -0.2) is 23.8 Å². The van der Waals surface area contributed by atoms with E-state index in [0.717, 1.165) is 0 Å². The highest BCUT2D eigenvalue weighted by Crippen LogP contribution is 2.36. The molecule has 0 bridgehead atoms. The lowest BCUT2D eigenvalue weighted by Gasteiger charge is -2.25. The first-order chi connectivity index (χ1) is 9.17. The number of aliphatic hydroxyl groups excluding tert-OH is 1. The van der Waals surface area contributed by atoms with Crippen LogP contribution in [0, 0.1) is 5.92 Å². The van der Waals surface area contributed by atoms with Crippen molar-refractivity contribution < 1.29 is 19.4 Å². The van der Waals surface area contributed by atoms with Crippen molar-refractivity contribution in [3.05, 3.63) is 28.8 Å². The van der Waals surface area contributed by atoms with E-state index in [-0.39, 0.29) is 0 Å². The second-order valence-corrected chi connectivity index (χ2v) is 6.03. The van der Waals surface area contributed by atoms with Crippen molar-refractivity contribution in [3.8, 4) is 5.75 Å². The molecule has 112 valence electrons. The zero-order valence-corrected chi connectivity index (χ0v) is 13.2. The molecule has 2 unspecified atom stereocenters. The highest BCUT2D eigenvalue weighted by atomic mass is 35.5. The van der Waals surface area contributed by atoms with Gasteiger partial charge in [-0.15, -0.1) is 0 Å². The molecule has 0 saturated carbocycles. The topological polar surface area (TPSA) is 55.8 Å². The van der Waals surface area contributed by atoms with Gasteiger partial charge < -0.3 is 14.6 Å². The first-order valence-electron chi connectivity index (χ1n) is 6.40. The van der Waals surface area contributed by atoms with Crippen molar-refractivity contribution >= 4 is 17.6 Å². The summed E-state index contributed by atoms with van der Waals surface area (Å²) in [5.74, 6) is -0.782. The minimum absolute atomic E-state index is 0.354. The first kappa shape index (κ1) is 16.8. The third-order valence-electron chi connectivity index (χ3n) is 2.78. The van der Waals surface area contributed by atoms with Gasteiger partial charge in [-0.25, -0.2) is 0 Å². The van der Waals surface area contributed by atoms with E-state index < -0.39 is 23.6 Å². The molecule has 1 N–H and O–H groups in total. The van der Waals surface area contributed by atoms with Gasteiger partial charge >= 0.3 is 5.97 Å². The van der Waals surface area contributed by atoms with Crippen LogP contribution in [0.5, 0.6) is 5.75 Å². The zero-order chi connectivity index (χ0) is 15.5. The summed E-state index contributed by atoms with van der Waals surface area (Å²) in [6.45, 7) is 6.93. The van der Waals surface area contributed by atoms with E-state index in [1.165, 1.54) is 7.11 Å². The first-order valence-corrected chi connectivity index (χ1v) is 6.78. The maximum atomic E-state index is 12.0. The minimum Gasteiger partial charge on any atom is -0.496 e. The number of carbonyl (C=O) groups excluding carboxylic acids is 1. The van der Waals surface area contributed by atoms with Gasteiger partial charge in [-0.05, 0) is 39.8 Å². The van der Waals surface area contributed by atoms with E-state index in [1.807, 2.05) is 0 Å². The zero-order valence-electron chi connectivity index (χ0n) is 12.4. The van der Waals surface area contributed by atoms with Gasteiger partial charge in [0.25, 0.3) is 0 Å². The molecule has 0 saturated heterocycles. The largest absolute Gasteiger partial charge is 0.496 e. The summed E-state index contributed by atoms with van der Waals surface area (Å²) in [6.07, 6.45) is -1.09. The molecule has 0 amide bonds. The van der Waals surface area contributed by atoms with E-state index in [9.17, 15) is 9.90 Å². The molecule has 0 aromatic heterocycles.